The van der Waals surface area contributed by atoms with E-state index in [4.69, 9.17) is 33.8 Å². The molecule has 0 unspecified atom stereocenters. The fourth-order valence-electron chi connectivity index (χ4n) is 4.53. The largest absolute Gasteiger partial charge is 0.358 e. The summed E-state index contributed by atoms with van der Waals surface area (Å²) in [6, 6.07) is 9.87. The number of hydrogen-bond acceptors (Lipinski definition) is 5. The van der Waals surface area contributed by atoms with E-state index < -0.39 is 0 Å². The first-order chi connectivity index (χ1) is 15.0. The number of nitrogens with zero attached hydrogens (tertiary/aromatic N) is 4. The van der Waals surface area contributed by atoms with E-state index in [1.54, 1.807) is 0 Å². The second-order valence-electron chi connectivity index (χ2n) is 8.89. The van der Waals surface area contributed by atoms with E-state index in [1.807, 2.05) is 24.3 Å². The van der Waals surface area contributed by atoms with Crippen molar-refractivity contribution in [2.45, 2.75) is 39.7 Å². The molecule has 2 atom stereocenters. The molecule has 1 aromatic carbocycles. The Kier molecular flexibility index (Phi) is 7.13. The first kappa shape index (κ1) is 22.1. The number of hydrogen-bond donors (Lipinski definition) is 2. The minimum atomic E-state index is 0.514. The Morgan fingerprint density at radius 1 is 1.03 bits per heavy atom. The molecular formula is C23H31ClN6S. The SMILES string of the molecule is C[C@@H]1C[C@H](C)CN(c2cc(N3CCCC3)nc(NC(=S)NCc3ccc(Cl)cc3)n2)C1. The Bertz CT molecular complexity index is 889. The number of piperidine rings is 1. The number of halogens is 1. The normalized spacial score (nSPS) is 21.3. The van der Waals surface area contributed by atoms with E-state index in [0.29, 0.717) is 29.4 Å². The fourth-order valence-corrected chi connectivity index (χ4v) is 4.82. The summed E-state index contributed by atoms with van der Waals surface area (Å²) in [6.07, 6.45) is 3.69. The molecule has 0 radical (unpaired) electrons. The van der Waals surface area contributed by atoms with Crippen molar-refractivity contribution in [3.8, 4) is 0 Å². The van der Waals surface area contributed by atoms with Gasteiger partial charge in [-0.25, -0.2) is 0 Å². The molecule has 0 spiro atoms. The van der Waals surface area contributed by atoms with Crippen LogP contribution in [0.1, 0.15) is 38.7 Å². The second kappa shape index (κ2) is 10.0. The molecule has 2 aliphatic rings. The average molecular weight is 459 g/mol. The zero-order valence-corrected chi connectivity index (χ0v) is 19.8. The van der Waals surface area contributed by atoms with Gasteiger partial charge in [0, 0.05) is 43.8 Å². The quantitative estimate of drug-likeness (QED) is 0.630. The molecule has 2 aromatic rings. The highest BCUT2D eigenvalue weighted by atomic mass is 35.5. The van der Waals surface area contributed by atoms with Gasteiger partial charge in [-0.05, 0) is 61.0 Å². The van der Waals surface area contributed by atoms with Crippen molar-refractivity contribution in [3.05, 3.63) is 40.9 Å². The number of anilines is 3. The number of benzene rings is 1. The van der Waals surface area contributed by atoms with Crippen LogP contribution in [0.4, 0.5) is 17.6 Å². The van der Waals surface area contributed by atoms with E-state index in [1.165, 1.54) is 19.3 Å². The van der Waals surface area contributed by atoms with Crippen molar-refractivity contribution in [1.29, 1.82) is 0 Å². The molecule has 0 bridgehead atoms. The van der Waals surface area contributed by atoms with Gasteiger partial charge in [-0.3, -0.25) is 0 Å². The fraction of sp³-hybridized carbons (Fsp3) is 0.522. The van der Waals surface area contributed by atoms with Gasteiger partial charge in [-0.15, -0.1) is 0 Å². The van der Waals surface area contributed by atoms with Gasteiger partial charge in [-0.2, -0.15) is 9.97 Å². The lowest BCUT2D eigenvalue weighted by molar-refractivity contribution is 0.355. The summed E-state index contributed by atoms with van der Waals surface area (Å²) in [5, 5.41) is 7.69. The van der Waals surface area contributed by atoms with Gasteiger partial charge in [0.2, 0.25) is 5.95 Å². The Balaban J connectivity index is 1.49. The molecule has 6 nitrogen and oxygen atoms in total. The highest BCUT2D eigenvalue weighted by Gasteiger charge is 2.25. The lowest BCUT2D eigenvalue weighted by Crippen LogP contribution is -2.39. The van der Waals surface area contributed by atoms with Crippen LogP contribution in [-0.4, -0.2) is 41.3 Å². The molecular weight excluding hydrogens is 428 g/mol. The van der Waals surface area contributed by atoms with Gasteiger partial charge in [0.05, 0.1) is 0 Å². The van der Waals surface area contributed by atoms with Crippen molar-refractivity contribution in [1.82, 2.24) is 15.3 Å². The smallest absolute Gasteiger partial charge is 0.232 e. The van der Waals surface area contributed by atoms with Crippen molar-refractivity contribution in [2.75, 3.05) is 41.3 Å². The summed E-state index contributed by atoms with van der Waals surface area (Å²) in [4.78, 5) is 14.4. The highest BCUT2D eigenvalue weighted by Crippen LogP contribution is 2.29. The zero-order chi connectivity index (χ0) is 21.8. The molecule has 3 heterocycles. The maximum Gasteiger partial charge on any atom is 0.232 e. The second-order valence-corrected chi connectivity index (χ2v) is 9.73. The van der Waals surface area contributed by atoms with E-state index >= 15 is 0 Å². The Labute approximate surface area is 195 Å². The Morgan fingerprint density at radius 2 is 1.65 bits per heavy atom. The molecule has 0 aliphatic carbocycles. The van der Waals surface area contributed by atoms with Crippen LogP contribution in [0.3, 0.4) is 0 Å². The molecule has 1 aromatic heterocycles. The molecule has 166 valence electrons. The van der Waals surface area contributed by atoms with Crippen molar-refractivity contribution in [2.24, 2.45) is 11.8 Å². The third-order valence-corrected chi connectivity index (χ3v) is 6.41. The molecule has 2 fully saturated rings. The minimum absolute atomic E-state index is 0.514. The first-order valence-corrected chi connectivity index (χ1v) is 11.9. The van der Waals surface area contributed by atoms with Gasteiger partial charge in [0.25, 0.3) is 0 Å². The van der Waals surface area contributed by atoms with Gasteiger partial charge in [-0.1, -0.05) is 37.6 Å². The van der Waals surface area contributed by atoms with Gasteiger partial charge < -0.3 is 20.4 Å². The van der Waals surface area contributed by atoms with Gasteiger partial charge >= 0.3 is 0 Å². The molecule has 2 saturated heterocycles. The van der Waals surface area contributed by atoms with Gasteiger partial charge in [0.1, 0.15) is 11.6 Å². The third-order valence-electron chi connectivity index (χ3n) is 5.91. The summed E-state index contributed by atoms with van der Waals surface area (Å²) < 4.78 is 0. The average Bonchev–Trinajstić information content (AvgIpc) is 3.27. The summed E-state index contributed by atoms with van der Waals surface area (Å²) in [6.45, 7) is 9.39. The standard InChI is InChI=1S/C23H31ClN6S/c1-16-11-17(2)15-30(14-16)21-12-20(29-9-3-4-10-29)26-22(27-21)28-23(31)25-13-18-5-7-19(24)8-6-18/h5-8,12,16-17H,3-4,9-11,13-15H2,1-2H3,(H2,25,26,27,28,31)/t16-,17+. The van der Waals surface area contributed by atoms with Crippen LogP contribution < -0.4 is 20.4 Å². The van der Waals surface area contributed by atoms with E-state index in [0.717, 1.165) is 48.4 Å². The van der Waals surface area contributed by atoms with Crippen LogP contribution in [0.25, 0.3) is 0 Å². The van der Waals surface area contributed by atoms with Gasteiger partial charge in [0.15, 0.2) is 5.11 Å². The van der Waals surface area contributed by atoms with Crippen LogP contribution in [-0.2, 0) is 6.54 Å². The lowest BCUT2D eigenvalue weighted by Gasteiger charge is -2.36. The van der Waals surface area contributed by atoms with E-state index in [9.17, 15) is 0 Å². The number of nitrogens with one attached hydrogen (secondary N) is 2. The minimum Gasteiger partial charge on any atom is -0.358 e. The van der Waals surface area contributed by atoms with Crippen LogP contribution in [0.15, 0.2) is 30.3 Å². The molecule has 0 saturated carbocycles. The van der Waals surface area contributed by atoms with Crippen molar-refractivity contribution < 1.29 is 0 Å². The molecule has 8 heteroatoms. The first-order valence-electron chi connectivity index (χ1n) is 11.1. The predicted octanol–water partition coefficient (Wildman–Crippen LogP) is 4.70. The maximum atomic E-state index is 5.96. The topological polar surface area (TPSA) is 56.3 Å². The van der Waals surface area contributed by atoms with Crippen molar-refractivity contribution in [3.63, 3.8) is 0 Å². The highest BCUT2D eigenvalue weighted by molar-refractivity contribution is 7.80. The van der Waals surface area contributed by atoms with E-state index in [-0.39, 0.29) is 0 Å². The summed E-state index contributed by atoms with van der Waals surface area (Å²) in [7, 11) is 0. The molecule has 2 aliphatic heterocycles. The van der Waals surface area contributed by atoms with Crippen LogP contribution >= 0.6 is 23.8 Å². The van der Waals surface area contributed by atoms with Crippen molar-refractivity contribution >= 4 is 46.5 Å². The predicted molar refractivity (Wildman–Crippen MR) is 133 cm³/mol. The number of rotatable bonds is 5. The molecule has 31 heavy (non-hydrogen) atoms. The molecule has 2 N–H and O–H groups in total. The van der Waals surface area contributed by atoms with Crippen LogP contribution in [0, 0.1) is 11.8 Å². The summed E-state index contributed by atoms with van der Waals surface area (Å²) >= 11 is 11.5. The summed E-state index contributed by atoms with van der Waals surface area (Å²) in [5.74, 6) is 3.84. The summed E-state index contributed by atoms with van der Waals surface area (Å²) in [5.41, 5.74) is 1.11. The molecule has 0 amide bonds. The lowest BCUT2D eigenvalue weighted by atomic mass is 9.92. The van der Waals surface area contributed by atoms with Crippen LogP contribution in [0.5, 0.6) is 0 Å². The monoisotopic (exact) mass is 458 g/mol. The Hall–Kier alpha value is -2.12. The number of thiocarbonyl (C=S) groups is 1. The maximum absolute atomic E-state index is 5.96. The zero-order valence-electron chi connectivity index (χ0n) is 18.3. The molecule has 4 rings (SSSR count). The Morgan fingerprint density at radius 3 is 2.29 bits per heavy atom. The van der Waals surface area contributed by atoms with E-state index in [2.05, 4.69) is 40.3 Å². The van der Waals surface area contributed by atoms with Crippen LogP contribution in [0.2, 0.25) is 5.02 Å². The third kappa shape index (κ3) is 5.98. The number of aromatic nitrogens is 2.